The zero-order valence-corrected chi connectivity index (χ0v) is 16.4. The summed E-state index contributed by atoms with van der Waals surface area (Å²) in [4.78, 5) is 33.6. The quantitative estimate of drug-likeness (QED) is 0.463. The molecule has 0 spiro atoms. The van der Waals surface area contributed by atoms with Crippen LogP contribution >= 0.6 is 11.6 Å². The molecule has 1 aromatic heterocycles. The number of carbonyl (C=O) groups excluding carboxylic acids is 2. The Morgan fingerprint density at radius 3 is 2.31 bits per heavy atom. The highest BCUT2D eigenvalue weighted by molar-refractivity contribution is 6.30. The number of halogens is 1. The normalized spacial score (nSPS) is 11.9. The fraction of sp³-hybridized carbons (Fsp3) is 0.0870. The molecule has 144 valence electrons. The number of nitrogens with zero attached hydrogens (tertiary/aromatic N) is 1. The predicted molar refractivity (Wildman–Crippen MR) is 113 cm³/mol. The van der Waals surface area contributed by atoms with E-state index in [1.807, 2.05) is 31.2 Å². The molecule has 0 bridgehead atoms. The van der Waals surface area contributed by atoms with Gasteiger partial charge in [0.15, 0.2) is 5.78 Å². The van der Waals surface area contributed by atoms with Crippen LogP contribution in [0.25, 0.3) is 11.0 Å². The van der Waals surface area contributed by atoms with Crippen LogP contribution in [0.4, 0.5) is 0 Å². The van der Waals surface area contributed by atoms with Gasteiger partial charge < -0.3 is 10.3 Å². The molecule has 0 aliphatic carbocycles. The van der Waals surface area contributed by atoms with Crippen LogP contribution in [0.5, 0.6) is 0 Å². The molecule has 3 aromatic carbocycles. The van der Waals surface area contributed by atoms with Crippen molar-refractivity contribution in [3.8, 4) is 0 Å². The van der Waals surface area contributed by atoms with E-state index < -0.39 is 0 Å². The number of benzene rings is 3. The first-order valence-corrected chi connectivity index (χ1v) is 9.55. The number of rotatable bonds is 5. The van der Waals surface area contributed by atoms with Crippen molar-refractivity contribution in [1.29, 1.82) is 0 Å². The van der Waals surface area contributed by atoms with E-state index in [-0.39, 0.29) is 17.7 Å². The van der Waals surface area contributed by atoms with E-state index in [4.69, 9.17) is 11.6 Å². The van der Waals surface area contributed by atoms with Crippen LogP contribution < -0.4 is 5.32 Å². The fourth-order valence-corrected chi connectivity index (χ4v) is 3.28. The van der Waals surface area contributed by atoms with Gasteiger partial charge in [0.25, 0.3) is 5.91 Å². The minimum atomic E-state index is -0.353. The maximum absolute atomic E-state index is 12.9. The molecular weight excluding hydrogens is 386 g/mol. The predicted octanol–water partition coefficient (Wildman–Crippen LogP) is 4.94. The maximum Gasteiger partial charge on any atom is 0.252 e. The lowest BCUT2D eigenvalue weighted by atomic mass is 9.98. The van der Waals surface area contributed by atoms with Crippen molar-refractivity contribution in [2.45, 2.75) is 13.0 Å². The molecular formula is C23H18ClN3O2. The smallest absolute Gasteiger partial charge is 0.252 e. The van der Waals surface area contributed by atoms with E-state index in [0.717, 1.165) is 11.0 Å². The second-order valence-corrected chi connectivity index (χ2v) is 7.15. The molecule has 0 saturated carbocycles. The number of fused-ring (bicyclic) bond motifs is 1. The molecule has 0 radical (unpaired) electrons. The molecule has 5 nitrogen and oxygen atoms in total. The van der Waals surface area contributed by atoms with Crippen LogP contribution in [0.1, 0.15) is 45.1 Å². The number of carbonyl (C=O) groups is 2. The number of hydrogen-bond acceptors (Lipinski definition) is 3. The van der Waals surface area contributed by atoms with Gasteiger partial charge in [0, 0.05) is 16.1 Å². The van der Waals surface area contributed by atoms with Crippen LogP contribution in [0.2, 0.25) is 5.02 Å². The Hall–Kier alpha value is -3.44. The first-order chi connectivity index (χ1) is 14.0. The third-order valence-corrected chi connectivity index (χ3v) is 4.94. The lowest BCUT2D eigenvalue weighted by Crippen LogP contribution is -2.28. The molecule has 4 aromatic rings. The Labute approximate surface area is 172 Å². The largest absolute Gasteiger partial charge is 0.342 e. The third kappa shape index (κ3) is 3.91. The summed E-state index contributed by atoms with van der Waals surface area (Å²) in [6.07, 6.45) is 0. The Morgan fingerprint density at radius 2 is 1.59 bits per heavy atom. The van der Waals surface area contributed by atoms with E-state index >= 15 is 0 Å². The summed E-state index contributed by atoms with van der Waals surface area (Å²) < 4.78 is 0. The van der Waals surface area contributed by atoms with Crippen molar-refractivity contribution in [2.75, 3.05) is 0 Å². The number of amides is 1. The van der Waals surface area contributed by atoms with Crippen LogP contribution in [0.3, 0.4) is 0 Å². The van der Waals surface area contributed by atoms with Gasteiger partial charge in [-0.3, -0.25) is 9.59 Å². The van der Waals surface area contributed by atoms with E-state index in [2.05, 4.69) is 15.3 Å². The highest BCUT2D eigenvalue weighted by Gasteiger charge is 2.20. The lowest BCUT2D eigenvalue weighted by molar-refractivity contribution is 0.0928. The van der Waals surface area contributed by atoms with Gasteiger partial charge in [0.1, 0.15) is 5.82 Å². The zero-order valence-electron chi connectivity index (χ0n) is 15.6. The average molecular weight is 404 g/mol. The van der Waals surface area contributed by atoms with Crippen molar-refractivity contribution in [1.82, 2.24) is 15.3 Å². The monoisotopic (exact) mass is 403 g/mol. The van der Waals surface area contributed by atoms with Crippen molar-refractivity contribution >= 4 is 34.3 Å². The summed E-state index contributed by atoms with van der Waals surface area (Å²) in [5.74, 6) is 0.0840. The highest BCUT2D eigenvalue weighted by Crippen LogP contribution is 2.19. The Bertz CT molecular complexity index is 1170. The molecule has 29 heavy (non-hydrogen) atoms. The van der Waals surface area contributed by atoms with Gasteiger partial charge in [-0.25, -0.2) is 4.98 Å². The minimum absolute atomic E-state index is 0.233. The number of imidazole rings is 1. The average Bonchev–Trinajstić information content (AvgIpc) is 3.18. The molecule has 1 heterocycles. The summed E-state index contributed by atoms with van der Waals surface area (Å²) in [6, 6.07) is 20.7. The Balaban J connectivity index is 1.58. The van der Waals surface area contributed by atoms with Gasteiger partial charge in [-0.05, 0) is 49.4 Å². The number of nitrogens with one attached hydrogen (secondary N) is 2. The number of aromatic amines is 1. The first kappa shape index (κ1) is 18.9. The minimum Gasteiger partial charge on any atom is -0.342 e. The topological polar surface area (TPSA) is 74.8 Å². The van der Waals surface area contributed by atoms with E-state index in [9.17, 15) is 9.59 Å². The van der Waals surface area contributed by atoms with Crippen LogP contribution in [-0.2, 0) is 0 Å². The van der Waals surface area contributed by atoms with Gasteiger partial charge >= 0.3 is 0 Å². The second-order valence-electron chi connectivity index (χ2n) is 6.72. The molecule has 1 amide bonds. The van der Waals surface area contributed by atoms with Gasteiger partial charge in [0.2, 0.25) is 0 Å². The van der Waals surface area contributed by atoms with Gasteiger partial charge in [-0.15, -0.1) is 0 Å². The Kier molecular flexibility index (Phi) is 5.14. The third-order valence-electron chi connectivity index (χ3n) is 4.69. The van der Waals surface area contributed by atoms with Gasteiger partial charge in [-0.1, -0.05) is 41.9 Å². The van der Waals surface area contributed by atoms with Crippen molar-refractivity contribution < 1.29 is 9.59 Å². The van der Waals surface area contributed by atoms with E-state index in [0.29, 0.717) is 27.5 Å². The maximum atomic E-state index is 12.9. The number of hydrogen-bond donors (Lipinski definition) is 2. The summed E-state index contributed by atoms with van der Waals surface area (Å²) in [6.45, 7) is 1.85. The lowest BCUT2D eigenvalue weighted by Gasteiger charge is -2.14. The summed E-state index contributed by atoms with van der Waals surface area (Å²) in [7, 11) is 0. The number of aromatic nitrogens is 2. The molecule has 4 rings (SSSR count). The van der Waals surface area contributed by atoms with E-state index in [1.165, 1.54) is 0 Å². The van der Waals surface area contributed by atoms with Crippen molar-refractivity contribution in [3.05, 3.63) is 100 Å². The zero-order chi connectivity index (χ0) is 20.4. The molecule has 0 saturated heterocycles. The fourth-order valence-electron chi connectivity index (χ4n) is 3.16. The second kappa shape index (κ2) is 7.89. The summed E-state index contributed by atoms with van der Waals surface area (Å²) in [5, 5.41) is 3.47. The molecule has 1 atom stereocenters. The van der Waals surface area contributed by atoms with Gasteiger partial charge in [-0.2, -0.15) is 0 Å². The Morgan fingerprint density at radius 1 is 0.931 bits per heavy atom. The molecule has 0 aliphatic rings. The van der Waals surface area contributed by atoms with Crippen LogP contribution in [0.15, 0.2) is 72.8 Å². The van der Waals surface area contributed by atoms with Crippen LogP contribution in [-0.4, -0.2) is 21.7 Å². The summed E-state index contributed by atoms with van der Waals surface area (Å²) >= 11 is 5.90. The molecule has 0 fully saturated rings. The SMILES string of the molecule is CC(NC(=O)c1ccccc1C(=O)c1ccc(Cl)cc1)c1nc2ccccc2[nH]1. The van der Waals surface area contributed by atoms with Crippen LogP contribution in [0, 0.1) is 0 Å². The molecule has 0 aliphatic heterocycles. The van der Waals surface area contributed by atoms with Gasteiger partial charge in [0.05, 0.1) is 22.6 Å². The summed E-state index contributed by atoms with van der Waals surface area (Å²) in [5.41, 5.74) is 2.86. The number of H-pyrrole nitrogens is 1. The first-order valence-electron chi connectivity index (χ1n) is 9.18. The number of ketones is 1. The highest BCUT2D eigenvalue weighted by atomic mass is 35.5. The number of para-hydroxylation sites is 2. The molecule has 1 unspecified atom stereocenters. The van der Waals surface area contributed by atoms with E-state index in [1.54, 1.807) is 48.5 Å². The van der Waals surface area contributed by atoms with Crippen molar-refractivity contribution in [3.63, 3.8) is 0 Å². The molecule has 6 heteroatoms. The standard InChI is InChI=1S/C23H18ClN3O2/c1-14(22-26-19-8-4-5-9-20(19)27-22)25-23(29)18-7-3-2-6-17(18)21(28)15-10-12-16(24)13-11-15/h2-14H,1H3,(H,25,29)(H,26,27). The molecule has 2 N–H and O–H groups in total. The van der Waals surface area contributed by atoms with Crippen molar-refractivity contribution in [2.24, 2.45) is 0 Å².